The smallest absolute Gasteiger partial charge is 0.411 e. The number of ether oxygens (including phenoxy) is 1. The molecular formula is C18H18N2O3. The van der Waals surface area contributed by atoms with Gasteiger partial charge in [0, 0.05) is 6.54 Å². The van der Waals surface area contributed by atoms with Crippen molar-refractivity contribution in [3.05, 3.63) is 71.8 Å². The molecule has 1 atom stereocenters. The van der Waals surface area contributed by atoms with Crippen molar-refractivity contribution in [2.45, 2.75) is 12.6 Å². The van der Waals surface area contributed by atoms with Crippen molar-refractivity contribution in [3.63, 3.8) is 0 Å². The molecule has 118 valence electrons. The van der Waals surface area contributed by atoms with Gasteiger partial charge in [-0.25, -0.2) is 4.79 Å². The highest BCUT2D eigenvalue weighted by atomic mass is 16.6. The normalized spacial score (nSPS) is 17.5. The van der Waals surface area contributed by atoms with E-state index in [2.05, 4.69) is 5.32 Å². The fraction of sp³-hybridized carbons (Fsp3) is 0.222. The summed E-state index contributed by atoms with van der Waals surface area (Å²) < 4.78 is 5.37. The van der Waals surface area contributed by atoms with Crippen LogP contribution in [0.5, 0.6) is 0 Å². The zero-order valence-electron chi connectivity index (χ0n) is 12.6. The van der Waals surface area contributed by atoms with Crippen LogP contribution in [0.25, 0.3) is 0 Å². The fourth-order valence-corrected chi connectivity index (χ4v) is 2.61. The van der Waals surface area contributed by atoms with Gasteiger partial charge in [0.1, 0.15) is 13.2 Å². The molecule has 1 aliphatic rings. The number of amides is 2. The average Bonchev–Trinajstić information content (AvgIpc) is 2.61. The summed E-state index contributed by atoms with van der Waals surface area (Å²) in [6, 6.07) is 18.9. The molecule has 0 aliphatic carbocycles. The maximum atomic E-state index is 12.4. The molecule has 0 radical (unpaired) electrons. The Morgan fingerprint density at radius 1 is 1.09 bits per heavy atom. The van der Waals surface area contributed by atoms with Gasteiger partial charge < -0.3 is 10.1 Å². The third-order valence-electron chi connectivity index (χ3n) is 3.81. The molecule has 1 saturated heterocycles. The highest BCUT2D eigenvalue weighted by molar-refractivity contribution is 5.84. The Hall–Kier alpha value is -2.82. The standard InChI is InChI=1S/C18H18N2O3/c21-17-12-20(16(11-19-17)15-9-5-2-6-10-15)18(22)23-13-14-7-3-1-4-8-14/h1-10,16H,11-13H2,(H,19,21)/t16-/m0/s1. The summed E-state index contributed by atoms with van der Waals surface area (Å²) in [4.78, 5) is 25.6. The zero-order valence-corrected chi connectivity index (χ0v) is 12.6. The second-order valence-corrected chi connectivity index (χ2v) is 5.40. The number of piperazine rings is 1. The summed E-state index contributed by atoms with van der Waals surface area (Å²) in [7, 11) is 0. The van der Waals surface area contributed by atoms with Gasteiger partial charge in [0.05, 0.1) is 6.04 Å². The summed E-state index contributed by atoms with van der Waals surface area (Å²) in [5.41, 5.74) is 1.89. The van der Waals surface area contributed by atoms with Crippen LogP contribution in [0.3, 0.4) is 0 Å². The number of hydrogen-bond donors (Lipinski definition) is 1. The van der Waals surface area contributed by atoms with E-state index in [4.69, 9.17) is 4.74 Å². The van der Waals surface area contributed by atoms with Crippen molar-refractivity contribution in [3.8, 4) is 0 Å². The quantitative estimate of drug-likeness (QED) is 0.947. The number of carbonyl (C=O) groups excluding carboxylic acids is 2. The van der Waals surface area contributed by atoms with Gasteiger partial charge in [-0.2, -0.15) is 0 Å². The van der Waals surface area contributed by atoms with Gasteiger partial charge in [0.25, 0.3) is 0 Å². The van der Waals surface area contributed by atoms with Crippen molar-refractivity contribution < 1.29 is 14.3 Å². The van der Waals surface area contributed by atoms with E-state index in [1.165, 1.54) is 4.90 Å². The Bertz CT molecular complexity index is 673. The number of rotatable bonds is 3. The lowest BCUT2D eigenvalue weighted by molar-refractivity contribution is -0.125. The molecule has 1 aliphatic heterocycles. The van der Waals surface area contributed by atoms with Crippen molar-refractivity contribution in [1.29, 1.82) is 0 Å². The molecule has 3 rings (SSSR count). The van der Waals surface area contributed by atoms with Crippen molar-refractivity contribution in [2.75, 3.05) is 13.1 Å². The summed E-state index contributed by atoms with van der Waals surface area (Å²) in [5.74, 6) is -0.172. The highest BCUT2D eigenvalue weighted by Crippen LogP contribution is 2.23. The minimum absolute atomic E-state index is 0.00713. The summed E-state index contributed by atoms with van der Waals surface area (Å²) in [6.07, 6.45) is -0.474. The minimum atomic E-state index is -0.474. The van der Waals surface area contributed by atoms with E-state index in [-0.39, 0.29) is 25.1 Å². The van der Waals surface area contributed by atoms with E-state index in [1.807, 2.05) is 60.7 Å². The first-order valence-corrected chi connectivity index (χ1v) is 7.53. The van der Waals surface area contributed by atoms with E-state index in [0.29, 0.717) is 6.54 Å². The van der Waals surface area contributed by atoms with Gasteiger partial charge in [-0.3, -0.25) is 9.69 Å². The zero-order chi connectivity index (χ0) is 16.1. The van der Waals surface area contributed by atoms with Crippen LogP contribution in [-0.4, -0.2) is 30.0 Å². The third-order valence-corrected chi connectivity index (χ3v) is 3.81. The van der Waals surface area contributed by atoms with E-state index >= 15 is 0 Å². The van der Waals surface area contributed by atoms with E-state index in [1.54, 1.807) is 0 Å². The molecular weight excluding hydrogens is 292 g/mol. The lowest BCUT2D eigenvalue weighted by atomic mass is 10.0. The Labute approximate surface area is 134 Å². The summed E-state index contributed by atoms with van der Waals surface area (Å²) >= 11 is 0. The Morgan fingerprint density at radius 3 is 2.43 bits per heavy atom. The molecule has 0 aromatic heterocycles. The van der Waals surface area contributed by atoms with Crippen LogP contribution in [0, 0.1) is 0 Å². The molecule has 1 fully saturated rings. The van der Waals surface area contributed by atoms with Gasteiger partial charge in [0.2, 0.25) is 5.91 Å². The lowest BCUT2D eigenvalue weighted by Gasteiger charge is -2.34. The molecule has 1 heterocycles. The van der Waals surface area contributed by atoms with Crippen LogP contribution in [0.1, 0.15) is 17.2 Å². The minimum Gasteiger partial charge on any atom is -0.445 e. The molecule has 2 aromatic rings. The van der Waals surface area contributed by atoms with Gasteiger partial charge in [0.15, 0.2) is 0 Å². The predicted octanol–water partition coefficient (Wildman–Crippen LogP) is 2.50. The Kier molecular flexibility index (Phi) is 4.57. The number of nitrogens with one attached hydrogen (secondary N) is 1. The molecule has 0 bridgehead atoms. The first kappa shape index (κ1) is 15.1. The van der Waals surface area contributed by atoms with Crippen LogP contribution in [-0.2, 0) is 16.1 Å². The predicted molar refractivity (Wildman–Crippen MR) is 85.5 cm³/mol. The average molecular weight is 310 g/mol. The van der Waals surface area contributed by atoms with Crippen LogP contribution >= 0.6 is 0 Å². The number of carbonyl (C=O) groups is 2. The van der Waals surface area contributed by atoms with Gasteiger partial charge in [-0.05, 0) is 11.1 Å². The van der Waals surface area contributed by atoms with Gasteiger partial charge in [-0.15, -0.1) is 0 Å². The molecule has 0 spiro atoms. The molecule has 2 amide bonds. The Balaban J connectivity index is 1.71. The van der Waals surface area contributed by atoms with Crippen LogP contribution in [0.15, 0.2) is 60.7 Å². The van der Waals surface area contributed by atoms with Crippen molar-refractivity contribution in [1.82, 2.24) is 10.2 Å². The lowest BCUT2D eigenvalue weighted by Crippen LogP contribution is -2.52. The first-order valence-electron chi connectivity index (χ1n) is 7.53. The molecule has 0 saturated carbocycles. The maximum Gasteiger partial charge on any atom is 0.411 e. The molecule has 1 N–H and O–H groups in total. The van der Waals surface area contributed by atoms with Crippen LogP contribution < -0.4 is 5.32 Å². The van der Waals surface area contributed by atoms with E-state index < -0.39 is 6.09 Å². The summed E-state index contributed by atoms with van der Waals surface area (Å²) in [5, 5.41) is 2.80. The third kappa shape index (κ3) is 3.69. The number of benzene rings is 2. The largest absolute Gasteiger partial charge is 0.445 e. The SMILES string of the molecule is O=C1CN(C(=O)OCc2ccccc2)[C@H](c2ccccc2)CN1. The summed E-state index contributed by atoms with van der Waals surface area (Å²) in [6.45, 7) is 0.593. The topological polar surface area (TPSA) is 58.6 Å². The second-order valence-electron chi connectivity index (χ2n) is 5.40. The van der Waals surface area contributed by atoms with Gasteiger partial charge in [-0.1, -0.05) is 60.7 Å². The second kappa shape index (κ2) is 6.96. The van der Waals surface area contributed by atoms with Crippen LogP contribution in [0.2, 0.25) is 0 Å². The first-order chi connectivity index (χ1) is 11.2. The molecule has 23 heavy (non-hydrogen) atoms. The molecule has 5 heteroatoms. The molecule has 2 aromatic carbocycles. The number of hydrogen-bond acceptors (Lipinski definition) is 3. The van der Waals surface area contributed by atoms with Crippen molar-refractivity contribution >= 4 is 12.0 Å². The van der Waals surface area contributed by atoms with E-state index in [9.17, 15) is 9.59 Å². The fourth-order valence-electron chi connectivity index (χ4n) is 2.61. The van der Waals surface area contributed by atoms with Crippen LogP contribution in [0.4, 0.5) is 4.79 Å². The van der Waals surface area contributed by atoms with E-state index in [0.717, 1.165) is 11.1 Å². The maximum absolute atomic E-state index is 12.4. The van der Waals surface area contributed by atoms with Gasteiger partial charge >= 0.3 is 6.09 Å². The molecule has 5 nitrogen and oxygen atoms in total. The van der Waals surface area contributed by atoms with Crippen molar-refractivity contribution in [2.24, 2.45) is 0 Å². The monoisotopic (exact) mass is 310 g/mol. The highest BCUT2D eigenvalue weighted by Gasteiger charge is 2.32. The number of nitrogens with zero attached hydrogens (tertiary/aromatic N) is 1. The molecule has 0 unspecified atom stereocenters. The Morgan fingerprint density at radius 2 is 1.74 bits per heavy atom.